The van der Waals surface area contributed by atoms with Crippen LogP contribution in [0, 0.1) is 0 Å². The number of pyridine rings is 1. The lowest BCUT2D eigenvalue weighted by atomic mass is 10.1. The van der Waals surface area contributed by atoms with Crippen molar-refractivity contribution in [2.24, 2.45) is 5.73 Å². The number of carbonyl (C=O) groups is 3. The lowest BCUT2D eigenvalue weighted by molar-refractivity contribution is -0.139. The molecule has 1 rings (SSSR count). The number of carboxylic acid groups (broad SMARTS) is 1. The van der Waals surface area contributed by atoms with Crippen molar-refractivity contribution in [1.82, 2.24) is 10.3 Å². The van der Waals surface area contributed by atoms with Gasteiger partial charge in [0.2, 0.25) is 5.91 Å². The van der Waals surface area contributed by atoms with E-state index in [0.717, 1.165) is 0 Å². The van der Waals surface area contributed by atoms with Gasteiger partial charge in [0.15, 0.2) is 0 Å². The summed E-state index contributed by atoms with van der Waals surface area (Å²) in [4.78, 5) is 37.3. The fourth-order valence-electron chi connectivity index (χ4n) is 1.31. The summed E-state index contributed by atoms with van der Waals surface area (Å²) in [5.74, 6) is -2.48. The molecule has 0 aliphatic heterocycles. The molecule has 1 aromatic rings. The van der Waals surface area contributed by atoms with Gasteiger partial charge in [-0.1, -0.05) is 6.07 Å². The lowest BCUT2D eigenvalue weighted by Crippen LogP contribution is -2.41. The Morgan fingerprint density at radius 3 is 2.63 bits per heavy atom. The molecule has 0 aliphatic rings. The summed E-state index contributed by atoms with van der Waals surface area (Å²) in [7, 11) is 0. The quantitative estimate of drug-likeness (QED) is 0.647. The molecular weight excluding hydrogens is 318 g/mol. The Balaban J connectivity index is 2.71. The molecule has 0 aliphatic carbocycles. The first-order chi connectivity index (χ1) is 8.90. The summed E-state index contributed by atoms with van der Waals surface area (Å²) >= 11 is 3.11. The smallest absolute Gasteiger partial charge is 0.326 e. The van der Waals surface area contributed by atoms with Crippen LogP contribution in [-0.4, -0.2) is 33.9 Å². The minimum Gasteiger partial charge on any atom is -0.480 e. The average Bonchev–Trinajstić information content (AvgIpc) is 2.33. The van der Waals surface area contributed by atoms with Crippen LogP contribution in [0.15, 0.2) is 22.8 Å². The van der Waals surface area contributed by atoms with E-state index in [2.05, 4.69) is 26.2 Å². The van der Waals surface area contributed by atoms with Crippen LogP contribution in [0.3, 0.4) is 0 Å². The normalized spacial score (nSPS) is 11.6. The van der Waals surface area contributed by atoms with Crippen LogP contribution in [0.2, 0.25) is 0 Å². The number of halogens is 1. The predicted octanol–water partition coefficient (Wildman–Crippen LogP) is 0.293. The number of aliphatic carboxylic acids is 1. The zero-order valence-corrected chi connectivity index (χ0v) is 11.4. The van der Waals surface area contributed by atoms with Gasteiger partial charge in [-0.3, -0.25) is 9.59 Å². The Morgan fingerprint density at radius 2 is 2.11 bits per heavy atom. The number of hydrogen-bond acceptors (Lipinski definition) is 4. The van der Waals surface area contributed by atoms with Gasteiger partial charge in [-0.2, -0.15) is 0 Å². The number of nitrogens with zero attached hydrogens (tertiary/aromatic N) is 1. The number of carbonyl (C=O) groups excluding carboxylic acids is 2. The highest BCUT2D eigenvalue weighted by molar-refractivity contribution is 9.10. The largest absolute Gasteiger partial charge is 0.480 e. The zero-order valence-electron chi connectivity index (χ0n) is 9.80. The molecule has 0 spiro atoms. The molecule has 4 N–H and O–H groups in total. The van der Waals surface area contributed by atoms with Gasteiger partial charge in [-0.25, -0.2) is 9.78 Å². The van der Waals surface area contributed by atoms with Crippen molar-refractivity contribution in [1.29, 1.82) is 0 Å². The Morgan fingerprint density at radius 1 is 1.42 bits per heavy atom. The third-order valence-electron chi connectivity index (χ3n) is 2.23. The average molecular weight is 330 g/mol. The monoisotopic (exact) mass is 329 g/mol. The van der Waals surface area contributed by atoms with Gasteiger partial charge in [0.1, 0.15) is 16.3 Å². The molecule has 1 heterocycles. The summed E-state index contributed by atoms with van der Waals surface area (Å²) in [6.07, 6.45) is -0.187. The molecule has 7 nitrogen and oxygen atoms in total. The summed E-state index contributed by atoms with van der Waals surface area (Å²) in [5, 5.41) is 11.2. The molecule has 1 aromatic heterocycles. The van der Waals surface area contributed by atoms with E-state index in [9.17, 15) is 14.4 Å². The first-order valence-corrected chi connectivity index (χ1v) is 6.14. The van der Waals surface area contributed by atoms with Crippen molar-refractivity contribution in [3.8, 4) is 0 Å². The summed E-state index contributed by atoms with van der Waals surface area (Å²) in [6, 6.07) is 3.51. The van der Waals surface area contributed by atoms with Crippen LogP contribution in [0.1, 0.15) is 23.3 Å². The molecule has 2 amide bonds. The Bertz CT molecular complexity index is 506. The highest BCUT2D eigenvalue weighted by atomic mass is 79.9. The van der Waals surface area contributed by atoms with Crippen LogP contribution in [0.4, 0.5) is 0 Å². The second-order valence-electron chi connectivity index (χ2n) is 3.71. The molecule has 1 atom stereocenters. The van der Waals surface area contributed by atoms with Crippen molar-refractivity contribution >= 4 is 33.7 Å². The number of carboxylic acids is 1. The fraction of sp³-hybridized carbons (Fsp3) is 0.273. The van der Waals surface area contributed by atoms with E-state index < -0.39 is 23.8 Å². The van der Waals surface area contributed by atoms with Crippen molar-refractivity contribution in [3.63, 3.8) is 0 Å². The Kier molecular flexibility index (Phi) is 5.43. The SMILES string of the molecule is NC(=O)CC[C@H](NC(=O)c1cccc(Br)n1)C(=O)O. The number of nitrogens with one attached hydrogen (secondary N) is 1. The van der Waals surface area contributed by atoms with E-state index in [1.807, 2.05) is 0 Å². The van der Waals surface area contributed by atoms with Crippen molar-refractivity contribution in [2.45, 2.75) is 18.9 Å². The first-order valence-electron chi connectivity index (χ1n) is 5.34. The number of primary amides is 1. The van der Waals surface area contributed by atoms with Gasteiger partial charge in [-0.15, -0.1) is 0 Å². The van der Waals surface area contributed by atoms with E-state index in [4.69, 9.17) is 10.8 Å². The van der Waals surface area contributed by atoms with Crippen LogP contribution in [0.25, 0.3) is 0 Å². The molecule has 102 valence electrons. The number of aromatic nitrogens is 1. The Hall–Kier alpha value is -1.96. The van der Waals surface area contributed by atoms with Crippen LogP contribution in [0.5, 0.6) is 0 Å². The van der Waals surface area contributed by atoms with E-state index in [1.54, 1.807) is 12.1 Å². The molecule has 0 saturated carbocycles. The van der Waals surface area contributed by atoms with E-state index in [1.165, 1.54) is 6.07 Å². The molecular formula is C11H12BrN3O4. The number of rotatable bonds is 6. The maximum Gasteiger partial charge on any atom is 0.326 e. The van der Waals surface area contributed by atoms with Gasteiger partial charge in [-0.05, 0) is 34.5 Å². The second kappa shape index (κ2) is 6.83. The summed E-state index contributed by atoms with van der Waals surface area (Å²) in [5.41, 5.74) is 5.02. The molecule has 0 bridgehead atoms. The third kappa shape index (κ3) is 5.04. The van der Waals surface area contributed by atoms with Crippen molar-refractivity contribution < 1.29 is 19.5 Å². The van der Waals surface area contributed by atoms with Gasteiger partial charge in [0, 0.05) is 6.42 Å². The van der Waals surface area contributed by atoms with Gasteiger partial charge in [0.25, 0.3) is 5.91 Å². The van der Waals surface area contributed by atoms with Gasteiger partial charge < -0.3 is 16.2 Å². The molecule has 0 unspecified atom stereocenters. The van der Waals surface area contributed by atoms with Gasteiger partial charge in [0.05, 0.1) is 0 Å². The second-order valence-corrected chi connectivity index (χ2v) is 4.53. The molecule has 0 aromatic carbocycles. The van der Waals surface area contributed by atoms with E-state index in [0.29, 0.717) is 4.60 Å². The fourth-order valence-corrected chi connectivity index (χ4v) is 1.65. The Labute approximate surface area is 117 Å². The van der Waals surface area contributed by atoms with Crippen molar-refractivity contribution in [2.75, 3.05) is 0 Å². The summed E-state index contributed by atoms with van der Waals surface area (Å²) in [6.45, 7) is 0. The first kappa shape index (κ1) is 15.1. The zero-order chi connectivity index (χ0) is 14.4. The molecule has 8 heteroatoms. The molecule has 0 fully saturated rings. The minimum atomic E-state index is -1.23. The standard InChI is InChI=1S/C11H12BrN3O4/c12-8-3-1-2-6(14-8)10(17)15-7(11(18)19)4-5-9(13)16/h1-3,7H,4-5H2,(H2,13,16)(H,15,17)(H,18,19)/t7-/m0/s1. The topological polar surface area (TPSA) is 122 Å². The van der Waals surface area contributed by atoms with Crippen molar-refractivity contribution in [3.05, 3.63) is 28.5 Å². The van der Waals surface area contributed by atoms with Crippen LogP contribution in [-0.2, 0) is 9.59 Å². The van der Waals surface area contributed by atoms with E-state index in [-0.39, 0.29) is 18.5 Å². The number of amides is 2. The number of hydrogen-bond donors (Lipinski definition) is 3. The highest BCUT2D eigenvalue weighted by Crippen LogP contribution is 2.07. The minimum absolute atomic E-state index is 0.0651. The van der Waals surface area contributed by atoms with E-state index >= 15 is 0 Å². The maximum absolute atomic E-state index is 11.8. The molecule has 19 heavy (non-hydrogen) atoms. The molecule has 0 radical (unpaired) electrons. The summed E-state index contributed by atoms with van der Waals surface area (Å²) < 4.78 is 0.462. The van der Waals surface area contributed by atoms with Crippen LogP contribution < -0.4 is 11.1 Å². The maximum atomic E-state index is 11.8. The molecule has 0 saturated heterocycles. The third-order valence-corrected chi connectivity index (χ3v) is 2.67. The predicted molar refractivity (Wildman–Crippen MR) is 69.3 cm³/mol. The number of nitrogens with two attached hydrogens (primary N) is 1. The lowest BCUT2D eigenvalue weighted by Gasteiger charge is -2.13. The van der Waals surface area contributed by atoms with Gasteiger partial charge >= 0.3 is 5.97 Å². The highest BCUT2D eigenvalue weighted by Gasteiger charge is 2.21. The van der Waals surface area contributed by atoms with Crippen LogP contribution >= 0.6 is 15.9 Å².